The zero-order valence-electron chi connectivity index (χ0n) is 21.9. The van der Waals surface area contributed by atoms with Crippen LogP contribution in [0.5, 0.6) is 5.75 Å². The summed E-state index contributed by atoms with van der Waals surface area (Å²) in [4.78, 5) is 28.5. The molecule has 37 heavy (non-hydrogen) atoms. The quantitative estimate of drug-likeness (QED) is 0.532. The molecule has 1 saturated carbocycles. The number of nitriles is 1. The van der Waals surface area contributed by atoms with E-state index < -0.39 is 29.7 Å². The highest BCUT2D eigenvalue weighted by Gasteiger charge is 2.45. The number of carbonyl (C=O) groups excluding carboxylic acids is 2. The van der Waals surface area contributed by atoms with Crippen molar-refractivity contribution in [3.05, 3.63) is 41.7 Å². The number of carbonyl (C=O) groups is 2. The molecule has 0 bridgehead atoms. The van der Waals surface area contributed by atoms with Gasteiger partial charge in [-0.15, -0.1) is 5.10 Å². The summed E-state index contributed by atoms with van der Waals surface area (Å²) in [6.45, 7) is 8.06. The smallest absolute Gasteiger partial charge is 0.248 e. The first-order valence-electron chi connectivity index (χ1n) is 12.9. The molecule has 0 radical (unpaired) electrons. The van der Waals surface area contributed by atoms with Gasteiger partial charge in [-0.3, -0.25) is 9.59 Å². The number of aliphatic hydroxyl groups excluding tert-OH is 1. The predicted octanol–water partition coefficient (Wildman–Crippen LogP) is 2.70. The maximum Gasteiger partial charge on any atom is 0.248 e. The lowest BCUT2D eigenvalue weighted by molar-refractivity contribution is -0.144. The van der Waals surface area contributed by atoms with Crippen molar-refractivity contribution in [2.75, 3.05) is 6.54 Å². The number of aromatic nitrogens is 3. The number of benzene rings is 1. The molecule has 198 valence electrons. The molecule has 2 heterocycles. The minimum atomic E-state index is -0.790. The van der Waals surface area contributed by atoms with E-state index in [9.17, 15) is 14.7 Å². The lowest BCUT2D eigenvalue weighted by Crippen LogP contribution is -2.50. The van der Waals surface area contributed by atoms with Crippen molar-refractivity contribution < 1.29 is 19.4 Å². The van der Waals surface area contributed by atoms with Gasteiger partial charge in [-0.1, -0.05) is 45.0 Å². The van der Waals surface area contributed by atoms with Gasteiger partial charge in [0.2, 0.25) is 11.8 Å². The Bertz CT molecular complexity index is 1160. The summed E-state index contributed by atoms with van der Waals surface area (Å²) in [5.74, 6) is 0.381. The molecular formula is C27H36N6O4. The Morgan fingerprint density at radius 2 is 2.08 bits per heavy atom. The van der Waals surface area contributed by atoms with Gasteiger partial charge in [-0.25, -0.2) is 4.68 Å². The van der Waals surface area contributed by atoms with Crippen LogP contribution < -0.4 is 10.1 Å². The molecular weight excluding hydrogens is 472 g/mol. The SMILES string of the molecule is CCC(C#N)Oc1cccc(CNC(=O)C2CC(O)CN2C(=O)[C@@H](n2cc(C3CC3)nn2)C(C)(C)C)c1. The topological polar surface area (TPSA) is 133 Å². The van der Waals surface area contributed by atoms with Gasteiger partial charge < -0.3 is 20.1 Å². The van der Waals surface area contributed by atoms with E-state index in [0.717, 1.165) is 24.1 Å². The van der Waals surface area contributed by atoms with Gasteiger partial charge in [0.15, 0.2) is 6.10 Å². The Labute approximate surface area is 217 Å². The van der Waals surface area contributed by atoms with Gasteiger partial charge in [0, 0.05) is 31.6 Å². The van der Waals surface area contributed by atoms with Crippen molar-refractivity contribution in [1.29, 1.82) is 5.26 Å². The molecule has 2 fully saturated rings. The van der Waals surface area contributed by atoms with E-state index >= 15 is 0 Å². The van der Waals surface area contributed by atoms with Crippen LogP contribution in [0.15, 0.2) is 30.5 Å². The number of hydrogen-bond acceptors (Lipinski definition) is 7. The number of likely N-dealkylation sites (tertiary alicyclic amines) is 1. The van der Waals surface area contributed by atoms with Crippen molar-refractivity contribution in [1.82, 2.24) is 25.2 Å². The molecule has 10 nitrogen and oxygen atoms in total. The summed E-state index contributed by atoms with van der Waals surface area (Å²) in [7, 11) is 0. The van der Waals surface area contributed by atoms with Crippen LogP contribution in [0.3, 0.4) is 0 Å². The van der Waals surface area contributed by atoms with Gasteiger partial charge in [0.25, 0.3) is 0 Å². The second kappa shape index (κ2) is 10.9. The van der Waals surface area contributed by atoms with E-state index in [1.165, 1.54) is 4.90 Å². The summed E-state index contributed by atoms with van der Waals surface area (Å²) in [5.41, 5.74) is 1.21. The molecule has 2 aromatic rings. The second-order valence-electron chi connectivity index (χ2n) is 11.1. The van der Waals surface area contributed by atoms with Gasteiger partial charge in [0.1, 0.15) is 23.9 Å². The largest absolute Gasteiger partial charge is 0.476 e. The molecule has 3 unspecified atom stereocenters. The summed E-state index contributed by atoms with van der Waals surface area (Å²) in [6, 6.07) is 7.86. The molecule has 2 amide bonds. The number of aliphatic hydroxyl groups is 1. The number of amides is 2. The Kier molecular flexibility index (Phi) is 7.83. The third kappa shape index (κ3) is 6.28. The predicted molar refractivity (Wildman–Crippen MR) is 135 cm³/mol. The molecule has 1 saturated heterocycles. The van der Waals surface area contributed by atoms with Crippen molar-refractivity contribution in [2.45, 2.75) is 90.1 Å². The first-order chi connectivity index (χ1) is 17.6. The molecule has 4 rings (SSSR count). The van der Waals surface area contributed by atoms with Gasteiger partial charge in [0.05, 0.1) is 11.8 Å². The van der Waals surface area contributed by atoms with E-state index in [-0.39, 0.29) is 31.3 Å². The van der Waals surface area contributed by atoms with Crippen molar-refractivity contribution in [3.8, 4) is 11.8 Å². The average Bonchev–Trinajstić information content (AvgIpc) is 3.47. The number of hydrogen-bond donors (Lipinski definition) is 2. The second-order valence-corrected chi connectivity index (χ2v) is 11.1. The summed E-state index contributed by atoms with van der Waals surface area (Å²) in [6.07, 6.45) is 3.43. The van der Waals surface area contributed by atoms with E-state index in [1.807, 2.05) is 40.0 Å². The molecule has 0 spiro atoms. The van der Waals surface area contributed by atoms with E-state index in [0.29, 0.717) is 18.1 Å². The van der Waals surface area contributed by atoms with Crippen molar-refractivity contribution in [2.24, 2.45) is 5.41 Å². The van der Waals surface area contributed by atoms with Crippen LogP contribution in [0.25, 0.3) is 0 Å². The first kappa shape index (κ1) is 26.6. The summed E-state index contributed by atoms with van der Waals surface area (Å²) < 4.78 is 7.29. The highest BCUT2D eigenvalue weighted by atomic mass is 16.5. The van der Waals surface area contributed by atoms with Gasteiger partial charge in [-0.2, -0.15) is 5.26 Å². The molecule has 1 aromatic heterocycles. The zero-order chi connectivity index (χ0) is 26.7. The number of β-amino-alcohol motifs (C(OH)–C–C–N with tert-alkyl or cyclic N) is 1. The van der Waals surface area contributed by atoms with E-state index in [2.05, 4.69) is 21.7 Å². The first-order valence-corrected chi connectivity index (χ1v) is 12.9. The van der Waals surface area contributed by atoms with Crippen LogP contribution in [0, 0.1) is 16.7 Å². The number of rotatable bonds is 9. The fourth-order valence-corrected chi connectivity index (χ4v) is 4.73. The van der Waals surface area contributed by atoms with Crippen LogP contribution in [0.2, 0.25) is 0 Å². The summed E-state index contributed by atoms with van der Waals surface area (Å²) >= 11 is 0. The van der Waals surface area contributed by atoms with Crippen LogP contribution in [-0.4, -0.2) is 61.6 Å². The maximum absolute atomic E-state index is 13.8. The Morgan fingerprint density at radius 3 is 2.73 bits per heavy atom. The summed E-state index contributed by atoms with van der Waals surface area (Å²) in [5, 5.41) is 31.0. The minimum absolute atomic E-state index is 0.0869. The fourth-order valence-electron chi connectivity index (χ4n) is 4.73. The number of nitrogens with zero attached hydrogens (tertiary/aromatic N) is 5. The van der Waals surface area contributed by atoms with Crippen LogP contribution >= 0.6 is 0 Å². The van der Waals surface area contributed by atoms with Crippen molar-refractivity contribution >= 4 is 11.8 Å². The molecule has 1 aliphatic heterocycles. The van der Waals surface area contributed by atoms with E-state index in [1.54, 1.807) is 22.9 Å². The normalized spacial score (nSPS) is 21.2. The van der Waals surface area contributed by atoms with Crippen LogP contribution in [0.4, 0.5) is 0 Å². The highest BCUT2D eigenvalue weighted by molar-refractivity contribution is 5.90. The number of ether oxygens (including phenoxy) is 1. The van der Waals surface area contributed by atoms with Crippen LogP contribution in [-0.2, 0) is 16.1 Å². The highest BCUT2D eigenvalue weighted by Crippen LogP contribution is 2.40. The lowest BCUT2D eigenvalue weighted by atomic mass is 9.85. The van der Waals surface area contributed by atoms with Gasteiger partial charge >= 0.3 is 0 Å². The Hall–Kier alpha value is -3.45. The van der Waals surface area contributed by atoms with Crippen molar-refractivity contribution in [3.63, 3.8) is 0 Å². The maximum atomic E-state index is 13.8. The van der Waals surface area contributed by atoms with E-state index in [4.69, 9.17) is 10.00 Å². The minimum Gasteiger partial charge on any atom is -0.476 e. The average molecular weight is 509 g/mol. The zero-order valence-corrected chi connectivity index (χ0v) is 21.9. The van der Waals surface area contributed by atoms with Gasteiger partial charge in [-0.05, 0) is 42.4 Å². The Morgan fingerprint density at radius 1 is 1.32 bits per heavy atom. The fraction of sp³-hybridized carbons (Fsp3) is 0.593. The molecule has 10 heteroatoms. The monoisotopic (exact) mass is 508 g/mol. The molecule has 2 aliphatic rings. The standard InChI is InChI=1S/C27H36N6O4/c1-5-20(13-28)37-21-8-6-7-17(11-21)14-29-25(35)23-12-19(34)15-32(23)26(36)24(27(2,3)4)33-16-22(30-31-33)18-9-10-18/h6-8,11,16,18-20,23-24,34H,5,9-10,12,14-15H2,1-4H3,(H,29,35)/t19?,20?,23?,24-/m1/s1. The molecule has 2 N–H and O–H groups in total. The number of nitrogens with one attached hydrogen (secondary N) is 1. The molecule has 1 aliphatic carbocycles. The Balaban J connectivity index is 1.46. The third-order valence-corrected chi connectivity index (χ3v) is 6.87. The van der Waals surface area contributed by atoms with Crippen LogP contribution in [0.1, 0.15) is 76.6 Å². The lowest BCUT2D eigenvalue weighted by Gasteiger charge is -2.34. The molecule has 1 aromatic carbocycles. The molecule has 4 atom stereocenters. The third-order valence-electron chi connectivity index (χ3n) is 6.87.